The molecule has 1 fully saturated rings. The van der Waals surface area contributed by atoms with Gasteiger partial charge in [0.25, 0.3) is 5.91 Å². The van der Waals surface area contributed by atoms with Crippen molar-refractivity contribution in [3.05, 3.63) is 35.9 Å². The Morgan fingerprint density at radius 2 is 1.95 bits per heavy atom. The van der Waals surface area contributed by atoms with Crippen LogP contribution in [0.3, 0.4) is 0 Å². The second kappa shape index (κ2) is 5.01. The van der Waals surface area contributed by atoms with Gasteiger partial charge in [-0.2, -0.15) is 0 Å². The number of rotatable bonds is 2. The Hall–Kier alpha value is -2.28. The maximum Gasteiger partial charge on any atom is 0.254 e. The van der Waals surface area contributed by atoms with Gasteiger partial charge in [-0.05, 0) is 26.3 Å². The molecule has 0 aromatic heterocycles. The van der Waals surface area contributed by atoms with Crippen LogP contribution in [0, 0.1) is 12.3 Å². The third kappa shape index (κ3) is 2.05. The normalized spacial score (nSPS) is 27.7. The van der Waals surface area contributed by atoms with Crippen LogP contribution >= 0.6 is 0 Å². The Morgan fingerprint density at radius 1 is 1.35 bits per heavy atom. The van der Waals surface area contributed by atoms with Gasteiger partial charge in [-0.25, -0.2) is 0 Å². The number of piperazine rings is 1. The number of terminal acetylenes is 1. The highest BCUT2D eigenvalue weighted by molar-refractivity contribution is 6.00. The summed E-state index contributed by atoms with van der Waals surface area (Å²) in [5.41, 5.74) is -0.324. The zero-order valence-electron chi connectivity index (χ0n) is 11.9. The molecule has 0 bridgehead atoms. The molecular formula is C16H18N2O2. The lowest BCUT2D eigenvalue weighted by molar-refractivity contribution is -0.155. The van der Waals surface area contributed by atoms with Crippen LogP contribution < -0.4 is 5.32 Å². The summed E-state index contributed by atoms with van der Waals surface area (Å²) in [6.07, 6.45) is 5.42. The fourth-order valence-electron chi connectivity index (χ4n) is 2.52. The van der Waals surface area contributed by atoms with Gasteiger partial charge in [-0.1, -0.05) is 36.3 Å². The molecule has 4 nitrogen and oxygen atoms in total. The molecule has 2 rings (SSSR count). The van der Waals surface area contributed by atoms with E-state index in [9.17, 15) is 9.59 Å². The lowest BCUT2D eigenvalue weighted by atomic mass is 9.86. The average Bonchev–Trinajstić information content (AvgIpc) is 2.46. The van der Waals surface area contributed by atoms with Gasteiger partial charge in [0.05, 0.1) is 6.04 Å². The van der Waals surface area contributed by atoms with E-state index in [1.54, 1.807) is 20.8 Å². The highest BCUT2D eigenvalue weighted by atomic mass is 16.2. The van der Waals surface area contributed by atoms with Crippen molar-refractivity contribution in [2.45, 2.75) is 38.4 Å². The van der Waals surface area contributed by atoms with E-state index >= 15 is 0 Å². The first-order valence-electron chi connectivity index (χ1n) is 6.58. The number of carbonyl (C=O) groups excluding carboxylic acids is 2. The van der Waals surface area contributed by atoms with Gasteiger partial charge in [0.2, 0.25) is 5.91 Å². The Morgan fingerprint density at radius 3 is 2.50 bits per heavy atom. The summed E-state index contributed by atoms with van der Waals surface area (Å²) >= 11 is 0. The largest absolute Gasteiger partial charge is 0.336 e. The summed E-state index contributed by atoms with van der Waals surface area (Å²) in [5.74, 6) is 2.15. The SMILES string of the molecule is C#CC(C)N1C(=O)C(C)(c2ccccc2)NC(=O)C1C. The van der Waals surface area contributed by atoms with E-state index in [0.29, 0.717) is 0 Å². The van der Waals surface area contributed by atoms with Crippen molar-refractivity contribution < 1.29 is 9.59 Å². The summed E-state index contributed by atoms with van der Waals surface area (Å²) < 4.78 is 0. The van der Waals surface area contributed by atoms with Crippen LogP contribution in [-0.2, 0) is 15.1 Å². The first-order valence-corrected chi connectivity index (χ1v) is 6.58. The molecule has 0 saturated carbocycles. The third-order valence-corrected chi connectivity index (χ3v) is 3.84. The minimum Gasteiger partial charge on any atom is -0.336 e. The molecule has 1 aromatic carbocycles. The van der Waals surface area contributed by atoms with Gasteiger partial charge in [-0.15, -0.1) is 6.42 Å². The first-order chi connectivity index (χ1) is 9.41. The lowest BCUT2D eigenvalue weighted by Crippen LogP contribution is -2.68. The molecule has 0 aliphatic carbocycles. The molecule has 3 unspecified atom stereocenters. The maximum atomic E-state index is 12.8. The molecule has 0 spiro atoms. The second-order valence-corrected chi connectivity index (χ2v) is 5.21. The molecule has 104 valence electrons. The monoisotopic (exact) mass is 270 g/mol. The summed E-state index contributed by atoms with van der Waals surface area (Å²) in [6.45, 7) is 5.15. The van der Waals surface area contributed by atoms with Crippen molar-refractivity contribution in [1.29, 1.82) is 0 Å². The molecule has 1 N–H and O–H groups in total. The van der Waals surface area contributed by atoms with E-state index in [4.69, 9.17) is 6.42 Å². The summed E-state index contributed by atoms with van der Waals surface area (Å²) in [7, 11) is 0. The van der Waals surface area contributed by atoms with E-state index in [2.05, 4.69) is 11.2 Å². The molecule has 1 aromatic rings. The number of amides is 2. The zero-order chi connectivity index (χ0) is 14.9. The van der Waals surface area contributed by atoms with Gasteiger partial charge in [0.15, 0.2) is 0 Å². The van der Waals surface area contributed by atoms with E-state index in [0.717, 1.165) is 5.56 Å². The second-order valence-electron chi connectivity index (χ2n) is 5.21. The van der Waals surface area contributed by atoms with Gasteiger partial charge >= 0.3 is 0 Å². The molecule has 20 heavy (non-hydrogen) atoms. The maximum absolute atomic E-state index is 12.8. The Kier molecular flexibility index (Phi) is 3.54. The Balaban J connectivity index is 2.48. The molecule has 1 heterocycles. The number of nitrogens with zero attached hydrogens (tertiary/aromatic N) is 1. The van der Waals surface area contributed by atoms with E-state index in [1.165, 1.54) is 4.90 Å². The van der Waals surface area contributed by atoms with E-state index in [1.807, 2.05) is 30.3 Å². The average molecular weight is 270 g/mol. The molecular weight excluding hydrogens is 252 g/mol. The van der Waals surface area contributed by atoms with Crippen LogP contribution in [-0.4, -0.2) is 28.8 Å². The Labute approximate surface area is 119 Å². The van der Waals surface area contributed by atoms with Crippen LogP contribution in [0.2, 0.25) is 0 Å². The van der Waals surface area contributed by atoms with E-state index in [-0.39, 0.29) is 11.8 Å². The number of benzene rings is 1. The van der Waals surface area contributed by atoms with Gasteiger partial charge < -0.3 is 10.2 Å². The topological polar surface area (TPSA) is 49.4 Å². The van der Waals surface area contributed by atoms with Crippen LogP contribution in [0.5, 0.6) is 0 Å². The highest BCUT2D eigenvalue weighted by Gasteiger charge is 2.48. The van der Waals surface area contributed by atoms with Crippen molar-refractivity contribution in [3.63, 3.8) is 0 Å². The number of carbonyl (C=O) groups is 2. The van der Waals surface area contributed by atoms with Gasteiger partial charge in [0, 0.05) is 0 Å². The van der Waals surface area contributed by atoms with Crippen molar-refractivity contribution in [2.24, 2.45) is 0 Å². The van der Waals surface area contributed by atoms with Crippen LogP contribution in [0.1, 0.15) is 26.3 Å². The molecule has 3 atom stereocenters. The predicted octanol–water partition coefficient (Wildman–Crippen LogP) is 1.27. The standard InChI is InChI=1S/C16H18N2O2/c1-5-11(2)18-12(3)14(19)17-16(4,15(18)20)13-9-7-6-8-10-13/h1,6-12H,2-4H3,(H,17,19). The molecule has 0 radical (unpaired) electrons. The minimum atomic E-state index is -1.07. The van der Waals surface area contributed by atoms with Crippen LogP contribution in [0.15, 0.2) is 30.3 Å². The smallest absolute Gasteiger partial charge is 0.254 e. The quantitative estimate of drug-likeness (QED) is 0.823. The van der Waals surface area contributed by atoms with Crippen molar-refractivity contribution >= 4 is 11.8 Å². The third-order valence-electron chi connectivity index (χ3n) is 3.84. The number of nitrogens with one attached hydrogen (secondary N) is 1. The first kappa shape index (κ1) is 14.1. The predicted molar refractivity (Wildman–Crippen MR) is 76.5 cm³/mol. The summed E-state index contributed by atoms with van der Waals surface area (Å²) in [6, 6.07) is 8.21. The zero-order valence-corrected chi connectivity index (χ0v) is 11.9. The van der Waals surface area contributed by atoms with Crippen molar-refractivity contribution in [1.82, 2.24) is 10.2 Å². The van der Waals surface area contributed by atoms with Gasteiger partial charge in [-0.3, -0.25) is 9.59 Å². The summed E-state index contributed by atoms with van der Waals surface area (Å²) in [4.78, 5) is 26.5. The van der Waals surface area contributed by atoms with Gasteiger partial charge in [0.1, 0.15) is 11.6 Å². The number of hydrogen-bond donors (Lipinski definition) is 1. The fraction of sp³-hybridized carbons (Fsp3) is 0.375. The minimum absolute atomic E-state index is 0.179. The van der Waals surface area contributed by atoms with Crippen molar-refractivity contribution in [3.8, 4) is 12.3 Å². The lowest BCUT2D eigenvalue weighted by Gasteiger charge is -2.45. The molecule has 1 aliphatic heterocycles. The highest BCUT2D eigenvalue weighted by Crippen LogP contribution is 2.29. The van der Waals surface area contributed by atoms with E-state index < -0.39 is 17.6 Å². The van der Waals surface area contributed by atoms with Crippen LogP contribution in [0.25, 0.3) is 0 Å². The Bertz CT molecular complexity index is 576. The van der Waals surface area contributed by atoms with Crippen molar-refractivity contribution in [2.75, 3.05) is 0 Å². The molecule has 4 heteroatoms. The fourth-order valence-corrected chi connectivity index (χ4v) is 2.52. The number of hydrogen-bond acceptors (Lipinski definition) is 2. The summed E-state index contributed by atoms with van der Waals surface area (Å²) in [5, 5.41) is 2.82. The molecule has 1 saturated heterocycles. The van der Waals surface area contributed by atoms with Crippen LogP contribution in [0.4, 0.5) is 0 Å². The molecule has 1 aliphatic rings. The molecule has 2 amide bonds.